The molecular weight excluding hydrogens is 148 g/mol. The van der Waals surface area contributed by atoms with Gasteiger partial charge in [-0.1, -0.05) is 0 Å². The zero-order valence-corrected chi connectivity index (χ0v) is 7.20. The van der Waals surface area contributed by atoms with E-state index in [-0.39, 0.29) is 0 Å². The summed E-state index contributed by atoms with van der Waals surface area (Å²) < 4.78 is 0. The van der Waals surface area contributed by atoms with Crippen LogP contribution in [0.2, 0.25) is 0 Å². The molecule has 0 amide bonds. The summed E-state index contributed by atoms with van der Waals surface area (Å²) in [7, 11) is 0. The summed E-state index contributed by atoms with van der Waals surface area (Å²) in [5.41, 5.74) is 4.39. The predicted molar refractivity (Wildman–Crippen MR) is 49.0 cm³/mol. The Morgan fingerprint density at radius 1 is 0.833 bits per heavy atom. The molecule has 0 aromatic carbocycles. The van der Waals surface area contributed by atoms with Crippen LogP contribution >= 0.6 is 0 Å². The molecular formula is C10H10N2. The number of nitrogens with zero attached hydrogens (tertiary/aromatic N) is 2. The first-order valence-electron chi connectivity index (χ1n) is 3.96. The van der Waals surface area contributed by atoms with E-state index in [1.165, 1.54) is 11.1 Å². The summed E-state index contributed by atoms with van der Waals surface area (Å²) in [5, 5.41) is 0. The van der Waals surface area contributed by atoms with Gasteiger partial charge in [-0.05, 0) is 37.1 Å². The number of rotatable bonds is 0. The number of pyridine rings is 2. The van der Waals surface area contributed by atoms with Crippen molar-refractivity contribution >= 4 is 11.0 Å². The lowest BCUT2D eigenvalue weighted by atomic mass is 10.1. The molecule has 0 radical (unpaired) electrons. The van der Waals surface area contributed by atoms with Crippen LogP contribution in [0, 0.1) is 13.8 Å². The van der Waals surface area contributed by atoms with Crippen LogP contribution in [0.4, 0.5) is 0 Å². The first kappa shape index (κ1) is 7.22. The number of aryl methyl sites for hydroxylation is 2. The molecule has 0 atom stereocenters. The number of fused-ring (bicyclic) bond motifs is 1. The van der Waals surface area contributed by atoms with Crippen LogP contribution in [-0.2, 0) is 0 Å². The normalized spacial score (nSPS) is 10.5. The van der Waals surface area contributed by atoms with E-state index >= 15 is 0 Å². The van der Waals surface area contributed by atoms with Gasteiger partial charge in [0.15, 0.2) is 0 Å². The highest BCUT2D eigenvalue weighted by atomic mass is 14.7. The molecule has 2 aromatic heterocycles. The van der Waals surface area contributed by atoms with E-state index in [2.05, 4.69) is 23.8 Å². The summed E-state index contributed by atoms with van der Waals surface area (Å²) in [6, 6.07) is 3.96. The molecule has 0 aliphatic carbocycles. The summed E-state index contributed by atoms with van der Waals surface area (Å²) >= 11 is 0. The van der Waals surface area contributed by atoms with E-state index in [0.717, 1.165) is 11.0 Å². The van der Waals surface area contributed by atoms with Gasteiger partial charge >= 0.3 is 0 Å². The third-order valence-corrected chi connectivity index (χ3v) is 2.03. The first-order chi connectivity index (χ1) is 5.79. The van der Waals surface area contributed by atoms with Gasteiger partial charge < -0.3 is 0 Å². The van der Waals surface area contributed by atoms with Gasteiger partial charge in [-0.15, -0.1) is 0 Å². The van der Waals surface area contributed by atoms with Crippen molar-refractivity contribution in [1.82, 2.24) is 9.97 Å². The molecule has 0 spiro atoms. The van der Waals surface area contributed by atoms with Crippen LogP contribution in [0.15, 0.2) is 24.5 Å². The minimum absolute atomic E-state index is 1.01. The SMILES string of the molecule is Cc1ccnc2c(C)ccnc12. The monoisotopic (exact) mass is 158 g/mol. The van der Waals surface area contributed by atoms with Gasteiger partial charge in [-0.25, -0.2) is 0 Å². The van der Waals surface area contributed by atoms with Crippen LogP contribution in [0.3, 0.4) is 0 Å². The lowest BCUT2D eigenvalue weighted by Gasteiger charge is -2.01. The Hall–Kier alpha value is -1.44. The van der Waals surface area contributed by atoms with Crippen LogP contribution < -0.4 is 0 Å². The molecule has 60 valence electrons. The Kier molecular flexibility index (Phi) is 1.54. The summed E-state index contributed by atoms with van der Waals surface area (Å²) in [5.74, 6) is 0. The fourth-order valence-corrected chi connectivity index (χ4v) is 1.30. The zero-order valence-electron chi connectivity index (χ0n) is 7.20. The molecule has 0 bridgehead atoms. The van der Waals surface area contributed by atoms with E-state index in [1.807, 2.05) is 24.5 Å². The van der Waals surface area contributed by atoms with Gasteiger partial charge in [0.05, 0.1) is 11.0 Å². The number of aromatic nitrogens is 2. The number of hydrogen-bond acceptors (Lipinski definition) is 2. The van der Waals surface area contributed by atoms with Crippen molar-refractivity contribution in [1.29, 1.82) is 0 Å². The van der Waals surface area contributed by atoms with Crippen LogP contribution in [0.1, 0.15) is 11.1 Å². The Balaban J connectivity index is 2.94. The van der Waals surface area contributed by atoms with Gasteiger partial charge in [0.2, 0.25) is 0 Å². The minimum Gasteiger partial charge on any atom is -0.254 e. The van der Waals surface area contributed by atoms with Crippen molar-refractivity contribution in [2.24, 2.45) is 0 Å². The topological polar surface area (TPSA) is 25.8 Å². The predicted octanol–water partition coefficient (Wildman–Crippen LogP) is 2.25. The van der Waals surface area contributed by atoms with Crippen molar-refractivity contribution < 1.29 is 0 Å². The highest BCUT2D eigenvalue weighted by Crippen LogP contribution is 2.15. The molecule has 0 N–H and O–H groups in total. The maximum absolute atomic E-state index is 4.28. The molecule has 2 aromatic rings. The average molecular weight is 158 g/mol. The minimum atomic E-state index is 1.01. The number of hydrogen-bond donors (Lipinski definition) is 0. The lowest BCUT2D eigenvalue weighted by Crippen LogP contribution is -1.88. The average Bonchev–Trinajstić information content (AvgIpc) is 2.07. The Morgan fingerprint density at radius 2 is 1.25 bits per heavy atom. The van der Waals surface area contributed by atoms with Gasteiger partial charge in [-0.2, -0.15) is 0 Å². The van der Waals surface area contributed by atoms with Crippen LogP contribution in [0.25, 0.3) is 11.0 Å². The summed E-state index contributed by atoms with van der Waals surface area (Å²) in [6.07, 6.45) is 3.65. The summed E-state index contributed by atoms with van der Waals surface area (Å²) in [6.45, 7) is 4.10. The molecule has 0 saturated carbocycles. The fraction of sp³-hybridized carbons (Fsp3) is 0.200. The molecule has 12 heavy (non-hydrogen) atoms. The van der Waals surface area contributed by atoms with Gasteiger partial charge in [0, 0.05) is 12.4 Å². The van der Waals surface area contributed by atoms with Crippen molar-refractivity contribution in [2.45, 2.75) is 13.8 Å². The van der Waals surface area contributed by atoms with E-state index in [4.69, 9.17) is 0 Å². The maximum Gasteiger partial charge on any atom is 0.0918 e. The van der Waals surface area contributed by atoms with Crippen LogP contribution in [-0.4, -0.2) is 9.97 Å². The molecule has 0 unspecified atom stereocenters. The second-order valence-electron chi connectivity index (χ2n) is 2.95. The summed E-state index contributed by atoms with van der Waals surface area (Å²) in [4.78, 5) is 8.56. The molecule has 2 heteroatoms. The molecule has 2 nitrogen and oxygen atoms in total. The zero-order chi connectivity index (χ0) is 8.55. The Labute approximate surface area is 71.3 Å². The highest BCUT2D eigenvalue weighted by Gasteiger charge is 2.00. The van der Waals surface area contributed by atoms with Gasteiger partial charge in [-0.3, -0.25) is 9.97 Å². The molecule has 0 aliphatic heterocycles. The van der Waals surface area contributed by atoms with Crippen LogP contribution in [0.5, 0.6) is 0 Å². The molecule has 0 saturated heterocycles. The second kappa shape index (κ2) is 2.55. The van der Waals surface area contributed by atoms with Crippen molar-refractivity contribution in [3.63, 3.8) is 0 Å². The fourth-order valence-electron chi connectivity index (χ4n) is 1.30. The molecule has 0 aliphatic rings. The third-order valence-electron chi connectivity index (χ3n) is 2.03. The van der Waals surface area contributed by atoms with E-state index < -0.39 is 0 Å². The highest BCUT2D eigenvalue weighted by molar-refractivity contribution is 5.79. The quantitative estimate of drug-likeness (QED) is 0.587. The van der Waals surface area contributed by atoms with Crippen molar-refractivity contribution in [3.8, 4) is 0 Å². The lowest BCUT2D eigenvalue weighted by molar-refractivity contribution is 1.27. The van der Waals surface area contributed by atoms with Crippen molar-refractivity contribution in [3.05, 3.63) is 35.7 Å². The smallest absolute Gasteiger partial charge is 0.0918 e. The van der Waals surface area contributed by atoms with Crippen molar-refractivity contribution in [2.75, 3.05) is 0 Å². The first-order valence-corrected chi connectivity index (χ1v) is 3.96. The molecule has 2 heterocycles. The standard InChI is InChI=1S/C10H10N2/c1-7-3-5-12-10-8(2)4-6-11-9(7)10/h3-6H,1-2H3. The molecule has 0 fully saturated rings. The van der Waals surface area contributed by atoms with E-state index in [1.54, 1.807) is 0 Å². The Bertz CT molecular complexity index is 380. The molecule has 2 rings (SSSR count). The third kappa shape index (κ3) is 0.961. The van der Waals surface area contributed by atoms with Gasteiger partial charge in [0.1, 0.15) is 0 Å². The second-order valence-corrected chi connectivity index (χ2v) is 2.95. The van der Waals surface area contributed by atoms with Gasteiger partial charge in [0.25, 0.3) is 0 Å². The Morgan fingerprint density at radius 3 is 1.67 bits per heavy atom. The largest absolute Gasteiger partial charge is 0.254 e. The maximum atomic E-state index is 4.28. The van der Waals surface area contributed by atoms with E-state index in [9.17, 15) is 0 Å². The van der Waals surface area contributed by atoms with E-state index in [0.29, 0.717) is 0 Å².